The Labute approximate surface area is 87.7 Å². The Morgan fingerprint density at radius 1 is 1.29 bits per heavy atom. The molecule has 0 bridgehead atoms. The van der Waals surface area contributed by atoms with Gasteiger partial charge in [0.05, 0.1) is 0 Å². The fourth-order valence-corrected chi connectivity index (χ4v) is 1.53. The highest BCUT2D eigenvalue weighted by molar-refractivity contribution is 7.80. The average Bonchev–Trinajstić information content (AvgIpc) is 2.47. The van der Waals surface area contributed by atoms with E-state index < -0.39 is 0 Å². The van der Waals surface area contributed by atoms with E-state index in [1.165, 1.54) is 6.54 Å². The van der Waals surface area contributed by atoms with Crippen LogP contribution in [0.25, 0.3) is 0 Å². The van der Waals surface area contributed by atoms with Crippen LogP contribution in [-0.2, 0) is 11.3 Å². The predicted octanol–water partition coefficient (Wildman–Crippen LogP) is 1.07. The Kier molecular flexibility index (Phi) is 2.45. The van der Waals surface area contributed by atoms with Crippen LogP contribution in [0.15, 0.2) is 30.3 Å². The largest absolute Gasteiger partial charge is 0.330 e. The summed E-state index contributed by atoms with van der Waals surface area (Å²) >= 11 is 4.98. The first kappa shape index (κ1) is 9.15. The number of carbonyl (C=O) groups is 1. The van der Waals surface area contributed by atoms with E-state index in [0.29, 0.717) is 11.7 Å². The second kappa shape index (κ2) is 3.75. The van der Waals surface area contributed by atoms with Gasteiger partial charge in [0.1, 0.15) is 6.54 Å². The van der Waals surface area contributed by atoms with E-state index in [4.69, 9.17) is 12.2 Å². The maximum Gasteiger partial charge on any atom is 0.251 e. The topological polar surface area (TPSA) is 32.3 Å². The van der Waals surface area contributed by atoms with Crippen molar-refractivity contribution in [1.82, 2.24) is 10.2 Å². The monoisotopic (exact) mass is 205 g/mol. The van der Waals surface area contributed by atoms with Crippen LogP contribution in [0.2, 0.25) is 0 Å². The van der Waals surface area contributed by atoms with Gasteiger partial charge < -0.3 is 10.2 Å². The molecule has 71 valence electrons. The minimum Gasteiger partial charge on any atom is -0.330 e. The molecule has 0 spiro atoms. The third-order valence-electron chi connectivity index (χ3n) is 1.96. The molecule has 14 heavy (non-hydrogen) atoms. The van der Waals surface area contributed by atoms with E-state index in [1.807, 2.05) is 30.3 Å². The molecular weight excluding hydrogens is 196 g/mol. The number of hydrogen-bond donors (Lipinski definition) is 1. The SMILES string of the molecule is O=C1[CH]N(Cc2ccccc2)C(=S)N1. The van der Waals surface area contributed by atoms with Crippen molar-refractivity contribution in [3.8, 4) is 0 Å². The molecule has 0 atom stereocenters. The Morgan fingerprint density at radius 2 is 2.00 bits per heavy atom. The van der Waals surface area contributed by atoms with Gasteiger partial charge in [0.15, 0.2) is 5.11 Å². The van der Waals surface area contributed by atoms with E-state index in [-0.39, 0.29) is 5.91 Å². The summed E-state index contributed by atoms with van der Waals surface area (Å²) in [7, 11) is 0. The molecule has 4 heteroatoms. The van der Waals surface area contributed by atoms with Crippen molar-refractivity contribution in [1.29, 1.82) is 0 Å². The first-order chi connectivity index (χ1) is 6.75. The highest BCUT2D eigenvalue weighted by atomic mass is 32.1. The van der Waals surface area contributed by atoms with Crippen LogP contribution in [0, 0.1) is 6.54 Å². The van der Waals surface area contributed by atoms with E-state index in [9.17, 15) is 4.79 Å². The number of amides is 1. The molecule has 3 nitrogen and oxygen atoms in total. The van der Waals surface area contributed by atoms with E-state index in [0.717, 1.165) is 5.56 Å². The van der Waals surface area contributed by atoms with Gasteiger partial charge in [-0.2, -0.15) is 0 Å². The molecule has 2 rings (SSSR count). The van der Waals surface area contributed by atoms with E-state index >= 15 is 0 Å². The summed E-state index contributed by atoms with van der Waals surface area (Å²) in [6.45, 7) is 2.12. The second-order valence-corrected chi connectivity index (χ2v) is 3.42. The molecule has 0 aliphatic carbocycles. The zero-order valence-electron chi connectivity index (χ0n) is 7.43. The Balaban J connectivity index is 2.05. The van der Waals surface area contributed by atoms with Crippen molar-refractivity contribution in [2.75, 3.05) is 0 Å². The van der Waals surface area contributed by atoms with Crippen LogP contribution in [0.3, 0.4) is 0 Å². The molecule has 1 aliphatic heterocycles. The maximum absolute atomic E-state index is 11.0. The maximum atomic E-state index is 11.0. The summed E-state index contributed by atoms with van der Waals surface area (Å²) in [5, 5.41) is 3.02. The number of hydrogen-bond acceptors (Lipinski definition) is 2. The molecule has 1 aromatic rings. The Morgan fingerprint density at radius 3 is 2.57 bits per heavy atom. The van der Waals surface area contributed by atoms with Gasteiger partial charge in [-0.1, -0.05) is 30.3 Å². The zero-order chi connectivity index (χ0) is 9.97. The zero-order valence-corrected chi connectivity index (χ0v) is 8.25. The standard InChI is InChI=1S/C10H9N2OS/c13-9-7-12(10(14)11-9)6-8-4-2-1-3-5-8/h1-5,7H,6H2,(H,11,13,14). The lowest BCUT2D eigenvalue weighted by atomic mass is 10.2. The second-order valence-electron chi connectivity index (χ2n) is 3.04. The number of rotatable bonds is 2. The highest BCUT2D eigenvalue weighted by Gasteiger charge is 2.23. The fourth-order valence-electron chi connectivity index (χ4n) is 1.31. The van der Waals surface area contributed by atoms with Crippen molar-refractivity contribution in [3.05, 3.63) is 42.4 Å². The van der Waals surface area contributed by atoms with Crippen molar-refractivity contribution in [2.24, 2.45) is 0 Å². The molecule has 1 fully saturated rings. The summed E-state index contributed by atoms with van der Waals surface area (Å²) in [6, 6.07) is 9.88. The number of nitrogens with one attached hydrogen (secondary N) is 1. The van der Waals surface area contributed by atoms with Gasteiger partial charge in [0, 0.05) is 6.54 Å². The van der Waals surface area contributed by atoms with Crippen LogP contribution in [0.1, 0.15) is 5.56 Å². The molecule has 1 amide bonds. The fraction of sp³-hybridized carbons (Fsp3) is 0.100. The molecule has 1 saturated heterocycles. The van der Waals surface area contributed by atoms with Gasteiger partial charge in [-0.25, -0.2) is 0 Å². The summed E-state index contributed by atoms with van der Waals surface area (Å²) in [6.07, 6.45) is 0. The molecule has 0 saturated carbocycles. The molecule has 1 radical (unpaired) electrons. The Hall–Kier alpha value is -1.42. The van der Waals surface area contributed by atoms with Gasteiger partial charge in [-0.05, 0) is 17.8 Å². The molecule has 1 aromatic carbocycles. The van der Waals surface area contributed by atoms with Crippen LogP contribution >= 0.6 is 12.2 Å². The van der Waals surface area contributed by atoms with Crippen molar-refractivity contribution in [2.45, 2.75) is 6.54 Å². The van der Waals surface area contributed by atoms with Crippen LogP contribution in [-0.4, -0.2) is 15.9 Å². The third kappa shape index (κ3) is 1.90. The molecule has 1 N–H and O–H groups in total. The molecule has 0 aromatic heterocycles. The number of benzene rings is 1. The summed E-state index contributed by atoms with van der Waals surface area (Å²) in [5.41, 5.74) is 1.13. The highest BCUT2D eigenvalue weighted by Crippen LogP contribution is 2.10. The quantitative estimate of drug-likeness (QED) is 0.733. The summed E-state index contributed by atoms with van der Waals surface area (Å²) < 4.78 is 0. The average molecular weight is 205 g/mol. The van der Waals surface area contributed by atoms with Crippen molar-refractivity contribution < 1.29 is 4.79 Å². The normalized spacial score (nSPS) is 15.9. The van der Waals surface area contributed by atoms with Gasteiger partial charge in [-0.3, -0.25) is 4.79 Å². The lowest BCUT2D eigenvalue weighted by Gasteiger charge is -2.14. The molecular formula is C10H9N2OS. The molecule has 0 unspecified atom stereocenters. The third-order valence-corrected chi connectivity index (χ3v) is 2.30. The lowest BCUT2D eigenvalue weighted by molar-refractivity contribution is -0.116. The minimum atomic E-state index is -0.147. The minimum absolute atomic E-state index is 0.147. The smallest absolute Gasteiger partial charge is 0.251 e. The number of nitrogens with zero attached hydrogens (tertiary/aromatic N) is 1. The van der Waals surface area contributed by atoms with Gasteiger partial charge in [-0.15, -0.1) is 0 Å². The molecule has 1 heterocycles. The van der Waals surface area contributed by atoms with E-state index in [1.54, 1.807) is 4.90 Å². The molecule has 1 aliphatic rings. The van der Waals surface area contributed by atoms with E-state index in [2.05, 4.69) is 5.32 Å². The first-order valence-electron chi connectivity index (χ1n) is 4.26. The van der Waals surface area contributed by atoms with Crippen LogP contribution in [0.5, 0.6) is 0 Å². The van der Waals surface area contributed by atoms with Gasteiger partial charge in [0.2, 0.25) is 0 Å². The van der Waals surface area contributed by atoms with Crippen molar-refractivity contribution in [3.63, 3.8) is 0 Å². The lowest BCUT2D eigenvalue weighted by Crippen LogP contribution is -2.26. The van der Waals surface area contributed by atoms with Crippen molar-refractivity contribution >= 4 is 23.2 Å². The summed E-state index contributed by atoms with van der Waals surface area (Å²) in [5.74, 6) is -0.147. The summed E-state index contributed by atoms with van der Waals surface area (Å²) in [4.78, 5) is 12.7. The van der Waals surface area contributed by atoms with Crippen LogP contribution in [0.4, 0.5) is 0 Å². The van der Waals surface area contributed by atoms with Gasteiger partial charge in [0.25, 0.3) is 5.91 Å². The number of carbonyl (C=O) groups excluding carboxylic acids is 1. The predicted molar refractivity (Wildman–Crippen MR) is 57.0 cm³/mol. The number of thiocarbonyl (C=S) groups is 1. The Bertz CT molecular complexity index is 364. The first-order valence-corrected chi connectivity index (χ1v) is 4.67. The van der Waals surface area contributed by atoms with Gasteiger partial charge >= 0.3 is 0 Å². The van der Waals surface area contributed by atoms with Crippen LogP contribution < -0.4 is 5.32 Å².